The predicted octanol–water partition coefficient (Wildman–Crippen LogP) is 1.81. The second-order valence-electron chi connectivity index (χ2n) is 5.08. The van der Waals surface area contributed by atoms with Gasteiger partial charge in [0, 0.05) is 13.7 Å². The number of carbonyl (C=O) groups excluding carboxylic acids is 1. The largest absolute Gasteiger partial charge is 0.478 e. The number of rotatable bonds is 5. The number of hydrogen-bond donors (Lipinski definition) is 1. The molecule has 1 fully saturated rings. The summed E-state index contributed by atoms with van der Waals surface area (Å²) in [7, 11) is 1.68. The van der Waals surface area contributed by atoms with Crippen LogP contribution in [0.3, 0.4) is 0 Å². The molecule has 2 heterocycles. The van der Waals surface area contributed by atoms with Crippen LogP contribution in [0.4, 0.5) is 0 Å². The first-order chi connectivity index (χ1) is 9.47. The van der Waals surface area contributed by atoms with Crippen molar-refractivity contribution in [1.82, 2.24) is 4.90 Å². The molecule has 6 nitrogen and oxygen atoms in total. The van der Waals surface area contributed by atoms with Crippen molar-refractivity contribution in [2.24, 2.45) is 0 Å². The topological polar surface area (TPSA) is 80.0 Å². The van der Waals surface area contributed by atoms with Gasteiger partial charge in [0.2, 0.25) is 5.91 Å². The molecule has 6 heteroatoms. The molecule has 1 saturated heterocycles. The summed E-state index contributed by atoms with van der Waals surface area (Å²) in [6.45, 7) is 2.59. The van der Waals surface area contributed by atoms with Crippen LogP contribution in [0.25, 0.3) is 0 Å². The Hall–Kier alpha value is -1.82. The molecule has 1 N–H and O–H groups in total. The highest BCUT2D eigenvalue weighted by molar-refractivity contribution is 5.88. The number of amides is 1. The van der Waals surface area contributed by atoms with Crippen molar-refractivity contribution in [2.45, 2.75) is 38.8 Å². The van der Waals surface area contributed by atoms with Gasteiger partial charge in [-0.3, -0.25) is 4.79 Å². The quantitative estimate of drug-likeness (QED) is 0.890. The van der Waals surface area contributed by atoms with Crippen molar-refractivity contribution >= 4 is 11.9 Å². The standard InChI is InChI=1S/C14H19NO5/c1-9-12(14(17)18)6-11(20-9)8-15(2)13(16)7-10-4-3-5-19-10/h6,10H,3-5,7-8H2,1-2H3,(H,17,18)/t10-/m1/s1. The van der Waals surface area contributed by atoms with E-state index < -0.39 is 5.97 Å². The van der Waals surface area contributed by atoms with Gasteiger partial charge in [-0.1, -0.05) is 0 Å². The fourth-order valence-corrected chi connectivity index (χ4v) is 2.31. The molecule has 1 aromatic rings. The molecular weight excluding hydrogens is 262 g/mol. The minimum atomic E-state index is -1.02. The molecule has 0 spiro atoms. The van der Waals surface area contributed by atoms with Crippen LogP contribution in [-0.2, 0) is 16.1 Å². The number of ether oxygens (including phenoxy) is 1. The lowest BCUT2D eigenvalue weighted by atomic mass is 10.1. The first-order valence-electron chi connectivity index (χ1n) is 6.65. The lowest BCUT2D eigenvalue weighted by Crippen LogP contribution is -2.29. The van der Waals surface area contributed by atoms with E-state index in [4.69, 9.17) is 14.3 Å². The first kappa shape index (κ1) is 14.6. The third-order valence-electron chi connectivity index (χ3n) is 3.44. The molecule has 0 radical (unpaired) electrons. The van der Waals surface area contributed by atoms with Gasteiger partial charge in [0.25, 0.3) is 0 Å². The molecule has 20 heavy (non-hydrogen) atoms. The SMILES string of the molecule is Cc1oc(CN(C)C(=O)C[C@H]2CCCO2)cc1C(=O)O. The predicted molar refractivity (Wildman–Crippen MR) is 70.5 cm³/mol. The summed E-state index contributed by atoms with van der Waals surface area (Å²) in [6, 6.07) is 1.47. The van der Waals surface area contributed by atoms with Gasteiger partial charge in [-0.25, -0.2) is 4.79 Å². The van der Waals surface area contributed by atoms with Crippen LogP contribution in [0.5, 0.6) is 0 Å². The molecule has 0 aromatic carbocycles. The summed E-state index contributed by atoms with van der Waals surface area (Å²) in [5.74, 6) is -0.218. The van der Waals surface area contributed by atoms with E-state index in [9.17, 15) is 9.59 Å². The second kappa shape index (κ2) is 6.09. The van der Waals surface area contributed by atoms with Crippen LogP contribution in [0, 0.1) is 6.92 Å². The van der Waals surface area contributed by atoms with Crippen LogP contribution in [0.2, 0.25) is 0 Å². The fraction of sp³-hybridized carbons (Fsp3) is 0.571. The molecule has 0 bridgehead atoms. The van der Waals surface area contributed by atoms with Gasteiger partial charge in [0.1, 0.15) is 17.1 Å². The average Bonchev–Trinajstić information content (AvgIpc) is 2.98. The van der Waals surface area contributed by atoms with Crippen molar-refractivity contribution in [1.29, 1.82) is 0 Å². The summed E-state index contributed by atoms with van der Waals surface area (Å²) in [6.07, 6.45) is 2.30. The van der Waals surface area contributed by atoms with E-state index >= 15 is 0 Å². The first-order valence-corrected chi connectivity index (χ1v) is 6.65. The smallest absolute Gasteiger partial charge is 0.339 e. The van der Waals surface area contributed by atoms with E-state index in [1.54, 1.807) is 14.0 Å². The van der Waals surface area contributed by atoms with Crippen molar-refractivity contribution in [3.05, 3.63) is 23.2 Å². The Balaban J connectivity index is 1.93. The molecule has 2 rings (SSSR count). The van der Waals surface area contributed by atoms with Crippen LogP contribution in [0.1, 0.15) is 41.1 Å². The third kappa shape index (κ3) is 3.39. The Morgan fingerprint density at radius 3 is 2.80 bits per heavy atom. The van der Waals surface area contributed by atoms with Gasteiger partial charge in [0.05, 0.1) is 19.1 Å². The van der Waals surface area contributed by atoms with Crippen LogP contribution >= 0.6 is 0 Å². The fourth-order valence-electron chi connectivity index (χ4n) is 2.31. The minimum absolute atomic E-state index is 0.0119. The highest BCUT2D eigenvalue weighted by Crippen LogP contribution is 2.19. The summed E-state index contributed by atoms with van der Waals surface area (Å²) >= 11 is 0. The Labute approximate surface area is 117 Å². The van der Waals surface area contributed by atoms with Gasteiger partial charge in [-0.05, 0) is 25.8 Å². The lowest BCUT2D eigenvalue weighted by molar-refractivity contribution is -0.132. The Bertz CT molecular complexity index is 502. The van der Waals surface area contributed by atoms with Gasteiger partial charge in [0.15, 0.2) is 0 Å². The third-order valence-corrected chi connectivity index (χ3v) is 3.44. The van der Waals surface area contributed by atoms with E-state index in [1.165, 1.54) is 11.0 Å². The lowest BCUT2D eigenvalue weighted by Gasteiger charge is -2.17. The zero-order valence-corrected chi connectivity index (χ0v) is 11.7. The normalized spacial score (nSPS) is 18.2. The van der Waals surface area contributed by atoms with Crippen LogP contribution in [0.15, 0.2) is 10.5 Å². The molecule has 1 aliphatic heterocycles. The second-order valence-corrected chi connectivity index (χ2v) is 5.08. The van der Waals surface area contributed by atoms with Crippen molar-refractivity contribution in [3.8, 4) is 0 Å². The summed E-state index contributed by atoms with van der Waals surface area (Å²) in [5.41, 5.74) is 0.139. The molecule has 1 aromatic heterocycles. The maximum absolute atomic E-state index is 12.0. The monoisotopic (exact) mass is 281 g/mol. The number of carboxylic acid groups (broad SMARTS) is 1. The zero-order chi connectivity index (χ0) is 14.7. The van der Waals surface area contributed by atoms with Gasteiger partial charge in [-0.15, -0.1) is 0 Å². The van der Waals surface area contributed by atoms with Gasteiger partial charge < -0.3 is 19.2 Å². The Morgan fingerprint density at radius 2 is 2.25 bits per heavy atom. The highest BCUT2D eigenvalue weighted by atomic mass is 16.5. The van der Waals surface area contributed by atoms with Crippen molar-refractivity contribution in [3.63, 3.8) is 0 Å². The van der Waals surface area contributed by atoms with E-state index in [1.807, 2.05) is 0 Å². The molecule has 110 valence electrons. The molecule has 1 atom stereocenters. The molecule has 0 unspecified atom stereocenters. The van der Waals surface area contributed by atoms with Crippen LogP contribution in [-0.4, -0.2) is 41.6 Å². The number of hydrogen-bond acceptors (Lipinski definition) is 4. The zero-order valence-electron chi connectivity index (χ0n) is 11.7. The van der Waals surface area contributed by atoms with Gasteiger partial charge in [-0.2, -0.15) is 0 Å². The Morgan fingerprint density at radius 1 is 1.50 bits per heavy atom. The summed E-state index contributed by atoms with van der Waals surface area (Å²) in [5, 5.41) is 8.95. The highest BCUT2D eigenvalue weighted by Gasteiger charge is 2.22. The average molecular weight is 281 g/mol. The molecule has 1 amide bonds. The van der Waals surface area contributed by atoms with E-state index in [2.05, 4.69) is 0 Å². The van der Waals surface area contributed by atoms with Crippen LogP contribution < -0.4 is 0 Å². The van der Waals surface area contributed by atoms with Crippen molar-refractivity contribution in [2.75, 3.05) is 13.7 Å². The number of furan rings is 1. The van der Waals surface area contributed by atoms with Gasteiger partial charge >= 0.3 is 5.97 Å². The molecule has 0 saturated carbocycles. The number of nitrogens with zero attached hydrogens (tertiary/aromatic N) is 1. The number of carbonyl (C=O) groups is 2. The maximum Gasteiger partial charge on any atom is 0.339 e. The number of aryl methyl sites for hydroxylation is 1. The molecule has 0 aliphatic carbocycles. The summed E-state index contributed by atoms with van der Waals surface area (Å²) in [4.78, 5) is 24.5. The number of aromatic carboxylic acids is 1. The summed E-state index contributed by atoms with van der Waals surface area (Å²) < 4.78 is 10.8. The van der Waals surface area contributed by atoms with E-state index in [0.717, 1.165) is 19.4 Å². The van der Waals surface area contributed by atoms with E-state index in [-0.39, 0.29) is 24.1 Å². The van der Waals surface area contributed by atoms with Crippen molar-refractivity contribution < 1.29 is 23.8 Å². The number of carboxylic acids is 1. The Kier molecular flexibility index (Phi) is 4.44. The maximum atomic E-state index is 12.0. The van der Waals surface area contributed by atoms with E-state index in [0.29, 0.717) is 17.9 Å². The minimum Gasteiger partial charge on any atom is -0.478 e. The molecular formula is C14H19NO5. The molecule has 1 aliphatic rings.